The summed E-state index contributed by atoms with van der Waals surface area (Å²) in [5.74, 6) is -0.0173. The summed E-state index contributed by atoms with van der Waals surface area (Å²) in [6, 6.07) is 0. The molecule has 2 amide bonds. The SMILES string of the molecule is CCCC(=O)N1CCCC(C(=O)NCCO)C1. The minimum Gasteiger partial charge on any atom is -0.395 e. The van der Waals surface area contributed by atoms with Gasteiger partial charge in [0.25, 0.3) is 0 Å². The fraction of sp³-hybridized carbons (Fsp3) is 0.833. The zero-order chi connectivity index (χ0) is 12.7. The summed E-state index contributed by atoms with van der Waals surface area (Å²) in [5, 5.41) is 11.3. The van der Waals surface area contributed by atoms with E-state index in [-0.39, 0.29) is 30.9 Å². The Kier molecular flexibility index (Phi) is 5.97. The highest BCUT2D eigenvalue weighted by Gasteiger charge is 2.27. The van der Waals surface area contributed by atoms with Crippen molar-refractivity contribution in [2.75, 3.05) is 26.2 Å². The van der Waals surface area contributed by atoms with Crippen molar-refractivity contribution in [1.82, 2.24) is 10.2 Å². The van der Waals surface area contributed by atoms with Crippen LogP contribution in [0.4, 0.5) is 0 Å². The third kappa shape index (κ3) is 4.34. The quantitative estimate of drug-likeness (QED) is 0.720. The fourth-order valence-electron chi connectivity index (χ4n) is 2.11. The maximum Gasteiger partial charge on any atom is 0.224 e. The van der Waals surface area contributed by atoms with Crippen molar-refractivity contribution in [3.8, 4) is 0 Å². The van der Waals surface area contributed by atoms with Crippen LogP contribution in [0.3, 0.4) is 0 Å². The van der Waals surface area contributed by atoms with E-state index in [9.17, 15) is 9.59 Å². The van der Waals surface area contributed by atoms with E-state index in [2.05, 4.69) is 5.32 Å². The molecule has 0 aromatic heterocycles. The van der Waals surface area contributed by atoms with Gasteiger partial charge in [-0.3, -0.25) is 9.59 Å². The zero-order valence-electron chi connectivity index (χ0n) is 10.4. The first-order valence-electron chi connectivity index (χ1n) is 6.35. The van der Waals surface area contributed by atoms with Gasteiger partial charge in [-0.25, -0.2) is 0 Å². The molecule has 0 spiro atoms. The van der Waals surface area contributed by atoms with E-state index in [1.54, 1.807) is 4.90 Å². The molecule has 5 heteroatoms. The van der Waals surface area contributed by atoms with Gasteiger partial charge in [-0.05, 0) is 19.3 Å². The maximum absolute atomic E-state index is 11.7. The first-order valence-corrected chi connectivity index (χ1v) is 6.35. The van der Waals surface area contributed by atoms with Crippen LogP contribution >= 0.6 is 0 Å². The van der Waals surface area contributed by atoms with E-state index in [4.69, 9.17) is 5.11 Å². The molecule has 1 heterocycles. The van der Waals surface area contributed by atoms with Crippen molar-refractivity contribution in [3.05, 3.63) is 0 Å². The summed E-state index contributed by atoms with van der Waals surface area (Å²) in [6.07, 6.45) is 3.11. The van der Waals surface area contributed by atoms with Gasteiger partial charge in [0.05, 0.1) is 12.5 Å². The lowest BCUT2D eigenvalue weighted by atomic mass is 9.97. The molecule has 2 N–H and O–H groups in total. The van der Waals surface area contributed by atoms with Crippen molar-refractivity contribution in [1.29, 1.82) is 0 Å². The topological polar surface area (TPSA) is 69.6 Å². The Balaban J connectivity index is 2.42. The molecule has 1 fully saturated rings. The summed E-state index contributed by atoms with van der Waals surface area (Å²) in [7, 11) is 0. The van der Waals surface area contributed by atoms with Gasteiger partial charge in [-0.2, -0.15) is 0 Å². The van der Waals surface area contributed by atoms with Crippen molar-refractivity contribution in [2.24, 2.45) is 5.92 Å². The van der Waals surface area contributed by atoms with Crippen molar-refractivity contribution >= 4 is 11.8 Å². The standard InChI is InChI=1S/C12H22N2O3/c1-2-4-11(16)14-7-3-5-10(9-14)12(17)13-6-8-15/h10,15H,2-9H2,1H3,(H,13,17). The number of likely N-dealkylation sites (tertiary alicyclic amines) is 1. The lowest BCUT2D eigenvalue weighted by molar-refractivity contribution is -0.135. The van der Waals surface area contributed by atoms with Crippen LogP contribution in [0.15, 0.2) is 0 Å². The monoisotopic (exact) mass is 242 g/mol. The van der Waals surface area contributed by atoms with Gasteiger partial charge in [-0.15, -0.1) is 0 Å². The second-order valence-corrected chi connectivity index (χ2v) is 4.44. The molecule has 5 nitrogen and oxygen atoms in total. The number of hydrogen-bond acceptors (Lipinski definition) is 3. The number of nitrogens with zero attached hydrogens (tertiary/aromatic N) is 1. The molecule has 1 atom stereocenters. The number of aliphatic hydroxyl groups is 1. The van der Waals surface area contributed by atoms with Crippen LogP contribution < -0.4 is 5.32 Å². The summed E-state index contributed by atoms with van der Waals surface area (Å²) in [4.78, 5) is 25.2. The number of aliphatic hydroxyl groups excluding tert-OH is 1. The Hall–Kier alpha value is -1.10. The van der Waals surface area contributed by atoms with Crippen LogP contribution in [-0.2, 0) is 9.59 Å². The second kappa shape index (κ2) is 7.27. The molecule has 1 aliphatic rings. The number of nitrogens with one attached hydrogen (secondary N) is 1. The van der Waals surface area contributed by atoms with E-state index in [0.29, 0.717) is 13.0 Å². The lowest BCUT2D eigenvalue weighted by Gasteiger charge is -2.32. The number of carbonyl (C=O) groups is 2. The van der Waals surface area contributed by atoms with Gasteiger partial charge in [0.2, 0.25) is 11.8 Å². The van der Waals surface area contributed by atoms with E-state index in [1.807, 2.05) is 6.92 Å². The first-order chi connectivity index (χ1) is 8.19. The predicted octanol–water partition coefficient (Wildman–Crippen LogP) is 0.134. The molecule has 98 valence electrons. The molecule has 0 aliphatic carbocycles. The third-order valence-corrected chi connectivity index (χ3v) is 3.02. The summed E-state index contributed by atoms with van der Waals surface area (Å²) in [6.45, 7) is 3.52. The van der Waals surface area contributed by atoms with E-state index < -0.39 is 0 Å². The number of rotatable bonds is 5. The smallest absolute Gasteiger partial charge is 0.224 e. The van der Waals surface area contributed by atoms with Gasteiger partial charge in [0, 0.05) is 26.1 Å². The predicted molar refractivity (Wildman–Crippen MR) is 64.3 cm³/mol. The Morgan fingerprint density at radius 2 is 2.24 bits per heavy atom. The Bertz CT molecular complexity index is 268. The molecule has 0 radical (unpaired) electrons. The van der Waals surface area contributed by atoms with E-state index in [0.717, 1.165) is 25.8 Å². The summed E-state index contributed by atoms with van der Waals surface area (Å²) < 4.78 is 0. The zero-order valence-corrected chi connectivity index (χ0v) is 10.4. The van der Waals surface area contributed by atoms with Crippen LogP contribution in [0.2, 0.25) is 0 Å². The maximum atomic E-state index is 11.7. The number of carbonyl (C=O) groups excluding carboxylic acids is 2. The normalized spacial score (nSPS) is 20.1. The van der Waals surface area contributed by atoms with Crippen LogP contribution in [0.1, 0.15) is 32.6 Å². The van der Waals surface area contributed by atoms with Gasteiger partial charge in [0.15, 0.2) is 0 Å². The highest BCUT2D eigenvalue weighted by atomic mass is 16.3. The molecule has 0 saturated carbocycles. The highest BCUT2D eigenvalue weighted by Crippen LogP contribution is 2.17. The number of piperidine rings is 1. The molecular formula is C12H22N2O3. The fourth-order valence-corrected chi connectivity index (χ4v) is 2.11. The van der Waals surface area contributed by atoms with E-state index >= 15 is 0 Å². The Morgan fingerprint density at radius 3 is 2.88 bits per heavy atom. The van der Waals surface area contributed by atoms with Gasteiger partial charge >= 0.3 is 0 Å². The average Bonchev–Trinajstić information content (AvgIpc) is 2.36. The van der Waals surface area contributed by atoms with E-state index in [1.165, 1.54) is 0 Å². The molecule has 17 heavy (non-hydrogen) atoms. The molecule has 0 aromatic carbocycles. The van der Waals surface area contributed by atoms with Crippen LogP contribution in [0.25, 0.3) is 0 Å². The van der Waals surface area contributed by atoms with Crippen LogP contribution in [0, 0.1) is 5.92 Å². The summed E-state index contributed by atoms with van der Waals surface area (Å²) in [5.41, 5.74) is 0. The van der Waals surface area contributed by atoms with Crippen LogP contribution in [0.5, 0.6) is 0 Å². The van der Waals surface area contributed by atoms with Gasteiger partial charge in [-0.1, -0.05) is 6.92 Å². The molecule has 1 unspecified atom stereocenters. The van der Waals surface area contributed by atoms with Crippen molar-refractivity contribution in [3.63, 3.8) is 0 Å². The molecular weight excluding hydrogens is 220 g/mol. The molecule has 1 saturated heterocycles. The molecule has 1 rings (SSSR count). The van der Waals surface area contributed by atoms with Gasteiger partial charge in [0.1, 0.15) is 0 Å². The minimum absolute atomic E-state index is 0.0447. The average molecular weight is 242 g/mol. The Morgan fingerprint density at radius 1 is 1.47 bits per heavy atom. The first kappa shape index (κ1) is 14.0. The van der Waals surface area contributed by atoms with Crippen LogP contribution in [-0.4, -0.2) is 48.1 Å². The van der Waals surface area contributed by atoms with Crippen molar-refractivity contribution in [2.45, 2.75) is 32.6 Å². The lowest BCUT2D eigenvalue weighted by Crippen LogP contribution is -2.45. The molecule has 0 bridgehead atoms. The Labute approximate surface area is 102 Å². The minimum atomic E-state index is -0.115. The third-order valence-electron chi connectivity index (χ3n) is 3.02. The second-order valence-electron chi connectivity index (χ2n) is 4.44. The molecule has 0 aromatic rings. The molecule has 1 aliphatic heterocycles. The van der Waals surface area contributed by atoms with Gasteiger partial charge < -0.3 is 15.3 Å². The highest BCUT2D eigenvalue weighted by molar-refractivity contribution is 5.81. The largest absolute Gasteiger partial charge is 0.395 e. The number of amides is 2. The summed E-state index contributed by atoms with van der Waals surface area (Å²) >= 11 is 0. The number of hydrogen-bond donors (Lipinski definition) is 2. The van der Waals surface area contributed by atoms with Crippen molar-refractivity contribution < 1.29 is 14.7 Å².